The van der Waals surface area contributed by atoms with Gasteiger partial charge in [0.2, 0.25) is 0 Å². The second-order valence-corrected chi connectivity index (χ2v) is 8.40. The maximum Gasteiger partial charge on any atom is 0.165 e. The molecule has 2 aromatic rings. The Hall–Kier alpha value is -2.00. The third-order valence-electron chi connectivity index (χ3n) is 7.16. The van der Waals surface area contributed by atoms with Crippen molar-refractivity contribution < 1.29 is 9.47 Å². The molecule has 2 heterocycles. The van der Waals surface area contributed by atoms with E-state index in [4.69, 9.17) is 9.47 Å². The van der Waals surface area contributed by atoms with Gasteiger partial charge in [-0.3, -0.25) is 0 Å². The number of methoxy groups -OCH3 is 1. The Morgan fingerprint density at radius 1 is 1.11 bits per heavy atom. The van der Waals surface area contributed by atoms with Gasteiger partial charge in [0.15, 0.2) is 11.5 Å². The lowest BCUT2D eigenvalue weighted by Gasteiger charge is -2.51. The molecule has 0 bridgehead atoms. The van der Waals surface area contributed by atoms with Gasteiger partial charge in [0.1, 0.15) is 6.10 Å². The SMILES string of the molecule is COc1cccc2c1O[C@@H]1CCC[C@@H]3CN(CCc4ccccc4)CC[C@]231. The number of ether oxygens (including phenoxy) is 2. The molecule has 0 N–H and O–H groups in total. The minimum atomic E-state index is 0.200. The van der Waals surface area contributed by atoms with Gasteiger partial charge >= 0.3 is 0 Å². The minimum absolute atomic E-state index is 0.200. The molecule has 1 saturated carbocycles. The molecule has 0 radical (unpaired) electrons. The van der Waals surface area contributed by atoms with Crippen molar-refractivity contribution in [3.63, 3.8) is 0 Å². The number of hydrogen-bond acceptors (Lipinski definition) is 3. The Kier molecular flexibility index (Phi) is 4.35. The number of piperidine rings is 1. The van der Waals surface area contributed by atoms with E-state index < -0.39 is 0 Å². The number of benzene rings is 2. The van der Waals surface area contributed by atoms with E-state index in [0.29, 0.717) is 12.0 Å². The standard InChI is InChI=1S/C24H29NO2/c1-26-21-11-6-10-20-23(21)27-22-12-5-9-19-17-25(16-14-24(19,20)22)15-13-18-7-3-2-4-8-18/h2-4,6-8,10-11,19,22H,5,9,12-17H2,1H3/t19-,22-,24-/m1/s1. The summed E-state index contributed by atoms with van der Waals surface area (Å²) in [6.07, 6.45) is 6.46. The lowest BCUT2D eigenvalue weighted by Crippen LogP contribution is -2.56. The molecule has 3 atom stereocenters. The molecule has 2 aromatic carbocycles. The van der Waals surface area contributed by atoms with Crippen LogP contribution >= 0.6 is 0 Å². The molecule has 27 heavy (non-hydrogen) atoms. The maximum atomic E-state index is 6.51. The Morgan fingerprint density at radius 2 is 2.00 bits per heavy atom. The Balaban J connectivity index is 1.38. The van der Waals surface area contributed by atoms with Gasteiger partial charge in [0.05, 0.1) is 7.11 Å². The van der Waals surface area contributed by atoms with Crippen LogP contribution in [0.15, 0.2) is 48.5 Å². The Labute approximate surface area is 162 Å². The molecule has 1 spiro atoms. The van der Waals surface area contributed by atoms with E-state index in [0.717, 1.165) is 24.5 Å². The zero-order valence-electron chi connectivity index (χ0n) is 16.2. The molecular formula is C24H29NO2. The fourth-order valence-electron chi connectivity index (χ4n) is 5.83. The highest BCUT2D eigenvalue weighted by Crippen LogP contribution is 2.58. The van der Waals surface area contributed by atoms with Crippen molar-refractivity contribution in [3.8, 4) is 11.5 Å². The molecule has 2 fully saturated rings. The summed E-state index contributed by atoms with van der Waals surface area (Å²) in [7, 11) is 1.75. The summed E-state index contributed by atoms with van der Waals surface area (Å²) < 4.78 is 12.1. The van der Waals surface area contributed by atoms with Crippen LogP contribution in [0, 0.1) is 5.92 Å². The molecule has 0 aromatic heterocycles. The van der Waals surface area contributed by atoms with E-state index in [2.05, 4.69) is 47.4 Å². The number of nitrogens with zero attached hydrogens (tertiary/aromatic N) is 1. The molecule has 3 aliphatic rings. The Bertz CT molecular complexity index is 805. The van der Waals surface area contributed by atoms with Crippen LogP contribution in [0.5, 0.6) is 11.5 Å². The first-order chi connectivity index (χ1) is 13.3. The molecule has 0 unspecified atom stereocenters. The molecular weight excluding hydrogens is 334 g/mol. The highest BCUT2D eigenvalue weighted by atomic mass is 16.5. The van der Waals surface area contributed by atoms with E-state index in [9.17, 15) is 0 Å². The quantitative estimate of drug-likeness (QED) is 0.801. The second-order valence-electron chi connectivity index (χ2n) is 8.40. The van der Waals surface area contributed by atoms with E-state index in [1.807, 2.05) is 6.07 Å². The van der Waals surface area contributed by atoms with Crippen molar-refractivity contribution in [1.82, 2.24) is 4.90 Å². The molecule has 3 nitrogen and oxygen atoms in total. The number of hydrogen-bond donors (Lipinski definition) is 0. The maximum absolute atomic E-state index is 6.51. The van der Waals surface area contributed by atoms with Crippen molar-refractivity contribution in [2.24, 2.45) is 5.92 Å². The van der Waals surface area contributed by atoms with Crippen LogP contribution in [0.4, 0.5) is 0 Å². The van der Waals surface area contributed by atoms with Gasteiger partial charge in [-0.05, 0) is 56.2 Å². The van der Waals surface area contributed by atoms with Crippen LogP contribution in [0.25, 0.3) is 0 Å². The van der Waals surface area contributed by atoms with Crippen LogP contribution in [-0.4, -0.2) is 37.7 Å². The fourth-order valence-corrected chi connectivity index (χ4v) is 5.83. The van der Waals surface area contributed by atoms with Crippen LogP contribution in [-0.2, 0) is 11.8 Å². The fraction of sp³-hybridized carbons (Fsp3) is 0.500. The highest BCUT2D eigenvalue weighted by Gasteiger charge is 2.57. The average molecular weight is 364 g/mol. The van der Waals surface area contributed by atoms with Gasteiger partial charge in [0.25, 0.3) is 0 Å². The van der Waals surface area contributed by atoms with Gasteiger partial charge in [-0.15, -0.1) is 0 Å². The van der Waals surface area contributed by atoms with E-state index >= 15 is 0 Å². The number of fused-ring (bicyclic) bond motifs is 1. The molecule has 3 heteroatoms. The summed E-state index contributed by atoms with van der Waals surface area (Å²) >= 11 is 0. The van der Waals surface area contributed by atoms with Crippen molar-refractivity contribution >= 4 is 0 Å². The molecule has 2 aliphatic heterocycles. The van der Waals surface area contributed by atoms with Crippen molar-refractivity contribution in [2.75, 3.05) is 26.7 Å². The lowest BCUT2D eigenvalue weighted by molar-refractivity contribution is -0.00691. The van der Waals surface area contributed by atoms with Gasteiger partial charge in [0, 0.05) is 24.1 Å². The molecule has 1 saturated heterocycles. The zero-order valence-corrected chi connectivity index (χ0v) is 16.2. The van der Waals surface area contributed by atoms with Crippen molar-refractivity contribution in [3.05, 3.63) is 59.7 Å². The molecule has 5 rings (SSSR count). The van der Waals surface area contributed by atoms with Crippen LogP contribution in [0.2, 0.25) is 0 Å². The third kappa shape index (κ3) is 2.75. The summed E-state index contributed by atoms with van der Waals surface area (Å²) in [5.74, 6) is 2.62. The highest BCUT2D eigenvalue weighted by molar-refractivity contribution is 5.55. The second kappa shape index (κ2) is 6.87. The van der Waals surface area contributed by atoms with Gasteiger partial charge < -0.3 is 14.4 Å². The van der Waals surface area contributed by atoms with Crippen LogP contribution in [0.3, 0.4) is 0 Å². The predicted octanol–water partition coefficient (Wildman–Crippen LogP) is 4.44. The topological polar surface area (TPSA) is 21.7 Å². The summed E-state index contributed by atoms with van der Waals surface area (Å²) in [5, 5.41) is 0. The minimum Gasteiger partial charge on any atom is -0.493 e. The van der Waals surface area contributed by atoms with Crippen molar-refractivity contribution in [2.45, 2.75) is 43.6 Å². The van der Waals surface area contributed by atoms with E-state index in [1.165, 1.54) is 49.9 Å². The first kappa shape index (κ1) is 17.1. The normalized spacial score (nSPS) is 29.4. The molecule has 142 valence electrons. The first-order valence-corrected chi connectivity index (χ1v) is 10.4. The number of para-hydroxylation sites is 1. The Morgan fingerprint density at radius 3 is 2.85 bits per heavy atom. The third-order valence-corrected chi connectivity index (χ3v) is 7.16. The smallest absolute Gasteiger partial charge is 0.165 e. The summed E-state index contributed by atoms with van der Waals surface area (Å²) in [5.41, 5.74) is 3.06. The molecule has 1 aliphatic carbocycles. The first-order valence-electron chi connectivity index (χ1n) is 10.4. The number of likely N-dealkylation sites (tertiary alicyclic amines) is 1. The predicted molar refractivity (Wildman–Crippen MR) is 108 cm³/mol. The monoisotopic (exact) mass is 363 g/mol. The largest absolute Gasteiger partial charge is 0.493 e. The van der Waals surface area contributed by atoms with Gasteiger partial charge in [-0.2, -0.15) is 0 Å². The van der Waals surface area contributed by atoms with Crippen molar-refractivity contribution in [1.29, 1.82) is 0 Å². The summed E-state index contributed by atoms with van der Waals surface area (Å²) in [6, 6.07) is 17.4. The summed E-state index contributed by atoms with van der Waals surface area (Å²) in [6.45, 7) is 3.52. The van der Waals surface area contributed by atoms with Crippen LogP contribution in [0.1, 0.15) is 36.8 Å². The van der Waals surface area contributed by atoms with E-state index in [-0.39, 0.29) is 5.41 Å². The van der Waals surface area contributed by atoms with E-state index in [1.54, 1.807) is 7.11 Å². The summed E-state index contributed by atoms with van der Waals surface area (Å²) in [4.78, 5) is 2.68. The average Bonchev–Trinajstić information content (AvgIpc) is 3.06. The lowest BCUT2D eigenvalue weighted by atomic mass is 9.58. The number of rotatable bonds is 4. The van der Waals surface area contributed by atoms with Crippen LogP contribution < -0.4 is 9.47 Å². The molecule has 0 amide bonds. The van der Waals surface area contributed by atoms with Gasteiger partial charge in [-0.1, -0.05) is 42.5 Å². The van der Waals surface area contributed by atoms with Gasteiger partial charge in [-0.25, -0.2) is 0 Å². The zero-order chi connectivity index (χ0) is 18.3.